The minimum atomic E-state index is -0.410. The monoisotopic (exact) mass is 411 g/mol. The molecule has 174 valence electrons. The molecule has 1 amide bonds. The first-order valence-electron chi connectivity index (χ1n) is 13.1. The molecule has 0 saturated heterocycles. The molecule has 0 aliphatic heterocycles. The molecule has 0 spiro atoms. The van der Waals surface area contributed by atoms with E-state index in [0.717, 1.165) is 25.7 Å². The van der Waals surface area contributed by atoms with Crippen molar-refractivity contribution in [1.29, 1.82) is 0 Å². The molecule has 0 bridgehead atoms. The van der Waals surface area contributed by atoms with Crippen LogP contribution in [0.4, 0.5) is 0 Å². The summed E-state index contributed by atoms with van der Waals surface area (Å²) in [5, 5.41) is 13.2. The molecule has 3 nitrogen and oxygen atoms in total. The normalized spacial score (nSPS) is 13.4. The predicted molar refractivity (Wildman–Crippen MR) is 127 cm³/mol. The van der Waals surface area contributed by atoms with Crippen molar-refractivity contribution < 1.29 is 9.90 Å². The Kier molecular flexibility index (Phi) is 21.7. The van der Waals surface area contributed by atoms with E-state index in [1.165, 1.54) is 96.3 Å². The second kappa shape index (κ2) is 22.1. The van der Waals surface area contributed by atoms with Crippen molar-refractivity contribution in [1.82, 2.24) is 5.32 Å². The number of hydrogen-bond acceptors (Lipinski definition) is 2. The quantitative estimate of drug-likeness (QED) is 0.179. The zero-order valence-electron chi connectivity index (χ0n) is 20.2. The molecule has 2 atom stereocenters. The highest BCUT2D eigenvalue weighted by molar-refractivity contribution is 5.76. The standard InChI is InChI=1S/C26H53NO2/c1-4-6-8-10-11-12-13-14-15-16-17-19-20-22-25(28)24(3)27-26(29)23-21-18-9-7-5-2/h24-25,28H,4-23H2,1-3H3,(H,27,29)/t24-,25+/m0/s1. The van der Waals surface area contributed by atoms with Crippen molar-refractivity contribution in [3.8, 4) is 0 Å². The fourth-order valence-corrected chi connectivity index (χ4v) is 3.93. The lowest BCUT2D eigenvalue weighted by Crippen LogP contribution is -2.41. The van der Waals surface area contributed by atoms with E-state index in [0.29, 0.717) is 6.42 Å². The zero-order valence-corrected chi connectivity index (χ0v) is 20.2. The van der Waals surface area contributed by atoms with Gasteiger partial charge in [-0.3, -0.25) is 4.79 Å². The van der Waals surface area contributed by atoms with E-state index in [9.17, 15) is 9.90 Å². The molecule has 0 aromatic heterocycles. The fraction of sp³-hybridized carbons (Fsp3) is 0.962. The van der Waals surface area contributed by atoms with Gasteiger partial charge < -0.3 is 10.4 Å². The summed E-state index contributed by atoms with van der Waals surface area (Å²) < 4.78 is 0. The lowest BCUT2D eigenvalue weighted by Gasteiger charge is -2.20. The molecule has 0 rings (SSSR count). The SMILES string of the molecule is CCCCCCCCCCCCCCC[C@@H](O)[C@H](C)NC(=O)CCCCCCC. The third-order valence-electron chi connectivity index (χ3n) is 6.08. The Morgan fingerprint density at radius 3 is 1.48 bits per heavy atom. The van der Waals surface area contributed by atoms with E-state index >= 15 is 0 Å². The van der Waals surface area contributed by atoms with E-state index in [-0.39, 0.29) is 11.9 Å². The number of rotatable bonds is 22. The van der Waals surface area contributed by atoms with Gasteiger partial charge in [-0.1, -0.05) is 123 Å². The van der Waals surface area contributed by atoms with Crippen molar-refractivity contribution in [2.45, 2.75) is 161 Å². The summed E-state index contributed by atoms with van der Waals surface area (Å²) in [7, 11) is 0. The maximum atomic E-state index is 12.0. The lowest BCUT2D eigenvalue weighted by atomic mass is 10.0. The second-order valence-corrected chi connectivity index (χ2v) is 9.12. The summed E-state index contributed by atoms with van der Waals surface area (Å²) in [4.78, 5) is 12.0. The van der Waals surface area contributed by atoms with Gasteiger partial charge in [0, 0.05) is 6.42 Å². The smallest absolute Gasteiger partial charge is 0.220 e. The number of hydrogen-bond donors (Lipinski definition) is 2. The first-order valence-corrected chi connectivity index (χ1v) is 13.1. The van der Waals surface area contributed by atoms with Gasteiger partial charge in [0.05, 0.1) is 12.1 Å². The van der Waals surface area contributed by atoms with Gasteiger partial charge in [0.2, 0.25) is 5.91 Å². The summed E-state index contributed by atoms with van der Waals surface area (Å²) >= 11 is 0. The van der Waals surface area contributed by atoms with E-state index in [1.807, 2.05) is 6.92 Å². The Bertz CT molecular complexity index is 346. The van der Waals surface area contributed by atoms with Crippen LogP contribution in [0.25, 0.3) is 0 Å². The number of aliphatic hydroxyl groups excluding tert-OH is 1. The molecule has 29 heavy (non-hydrogen) atoms. The van der Waals surface area contributed by atoms with Crippen molar-refractivity contribution in [2.24, 2.45) is 0 Å². The van der Waals surface area contributed by atoms with E-state index in [4.69, 9.17) is 0 Å². The Hall–Kier alpha value is -0.570. The van der Waals surface area contributed by atoms with Crippen LogP contribution < -0.4 is 5.32 Å². The number of amides is 1. The van der Waals surface area contributed by atoms with Gasteiger partial charge in [-0.25, -0.2) is 0 Å². The van der Waals surface area contributed by atoms with Crippen molar-refractivity contribution in [3.63, 3.8) is 0 Å². The molecular weight excluding hydrogens is 358 g/mol. The van der Waals surface area contributed by atoms with Gasteiger partial charge in [0.15, 0.2) is 0 Å². The average molecular weight is 412 g/mol. The Labute approximate surface area is 182 Å². The van der Waals surface area contributed by atoms with Crippen LogP contribution in [-0.2, 0) is 4.79 Å². The molecule has 0 aliphatic rings. The van der Waals surface area contributed by atoms with Crippen LogP contribution in [0.1, 0.15) is 149 Å². The highest BCUT2D eigenvalue weighted by Gasteiger charge is 2.15. The molecule has 0 aromatic rings. The third-order valence-corrected chi connectivity index (χ3v) is 6.08. The number of carbonyl (C=O) groups is 1. The predicted octanol–water partition coefficient (Wildman–Crippen LogP) is 7.69. The van der Waals surface area contributed by atoms with Gasteiger partial charge in [-0.05, 0) is 19.8 Å². The fourth-order valence-electron chi connectivity index (χ4n) is 3.93. The van der Waals surface area contributed by atoms with Crippen LogP contribution >= 0.6 is 0 Å². The first kappa shape index (κ1) is 28.4. The molecule has 0 saturated carbocycles. The zero-order chi connectivity index (χ0) is 21.6. The highest BCUT2D eigenvalue weighted by Crippen LogP contribution is 2.14. The number of unbranched alkanes of at least 4 members (excludes halogenated alkanes) is 16. The van der Waals surface area contributed by atoms with Crippen LogP contribution in [-0.4, -0.2) is 23.2 Å². The molecule has 0 fully saturated rings. The molecule has 0 aliphatic carbocycles. The van der Waals surface area contributed by atoms with E-state index < -0.39 is 6.10 Å². The maximum absolute atomic E-state index is 12.0. The molecule has 0 radical (unpaired) electrons. The summed E-state index contributed by atoms with van der Waals surface area (Å²) in [6, 6.07) is -0.129. The van der Waals surface area contributed by atoms with Gasteiger partial charge in [-0.2, -0.15) is 0 Å². The Morgan fingerprint density at radius 1 is 0.655 bits per heavy atom. The highest BCUT2D eigenvalue weighted by atomic mass is 16.3. The lowest BCUT2D eigenvalue weighted by molar-refractivity contribution is -0.122. The first-order chi connectivity index (χ1) is 14.1. The molecular formula is C26H53NO2. The van der Waals surface area contributed by atoms with Crippen molar-refractivity contribution in [2.75, 3.05) is 0 Å². The minimum absolute atomic E-state index is 0.0958. The second-order valence-electron chi connectivity index (χ2n) is 9.12. The summed E-state index contributed by atoms with van der Waals surface area (Å²) in [5.41, 5.74) is 0. The van der Waals surface area contributed by atoms with Crippen molar-refractivity contribution >= 4 is 5.91 Å². The van der Waals surface area contributed by atoms with Gasteiger partial charge in [0.25, 0.3) is 0 Å². The van der Waals surface area contributed by atoms with Gasteiger partial charge in [0.1, 0.15) is 0 Å². The van der Waals surface area contributed by atoms with E-state index in [1.54, 1.807) is 0 Å². The Balaban J connectivity index is 3.43. The molecule has 0 heterocycles. The molecule has 0 aromatic carbocycles. The van der Waals surface area contributed by atoms with Crippen LogP contribution in [0.15, 0.2) is 0 Å². The topological polar surface area (TPSA) is 49.3 Å². The third kappa shape index (κ3) is 20.5. The van der Waals surface area contributed by atoms with Crippen LogP contribution in [0.5, 0.6) is 0 Å². The minimum Gasteiger partial charge on any atom is -0.391 e. The van der Waals surface area contributed by atoms with Crippen LogP contribution in [0.2, 0.25) is 0 Å². The number of carbonyl (C=O) groups excluding carboxylic acids is 1. The average Bonchev–Trinajstić information content (AvgIpc) is 2.71. The van der Waals surface area contributed by atoms with Crippen LogP contribution in [0, 0.1) is 0 Å². The number of aliphatic hydroxyl groups is 1. The van der Waals surface area contributed by atoms with Crippen molar-refractivity contribution in [3.05, 3.63) is 0 Å². The summed E-state index contributed by atoms with van der Waals surface area (Å²) in [6.45, 7) is 6.41. The Morgan fingerprint density at radius 2 is 1.03 bits per heavy atom. The molecule has 3 heteroatoms. The van der Waals surface area contributed by atoms with E-state index in [2.05, 4.69) is 19.2 Å². The maximum Gasteiger partial charge on any atom is 0.220 e. The van der Waals surface area contributed by atoms with Gasteiger partial charge in [-0.15, -0.1) is 0 Å². The summed E-state index contributed by atoms with van der Waals surface area (Å²) in [6.07, 6.45) is 24.3. The van der Waals surface area contributed by atoms with Gasteiger partial charge >= 0.3 is 0 Å². The molecule has 2 N–H and O–H groups in total. The summed E-state index contributed by atoms with van der Waals surface area (Å²) in [5.74, 6) is 0.0958. The molecule has 0 unspecified atom stereocenters. The largest absolute Gasteiger partial charge is 0.391 e. The number of nitrogens with one attached hydrogen (secondary N) is 1. The van der Waals surface area contributed by atoms with Crippen LogP contribution in [0.3, 0.4) is 0 Å².